The van der Waals surface area contributed by atoms with Crippen molar-refractivity contribution < 1.29 is 14.3 Å². The highest BCUT2D eigenvalue weighted by Gasteiger charge is 2.22. The van der Waals surface area contributed by atoms with E-state index in [-0.39, 0.29) is 17.9 Å². The fraction of sp³-hybridized carbons (Fsp3) is 0.391. The van der Waals surface area contributed by atoms with Crippen LogP contribution in [-0.2, 0) is 4.79 Å². The van der Waals surface area contributed by atoms with Crippen LogP contribution in [0.5, 0.6) is 11.5 Å². The minimum Gasteiger partial charge on any atom is -0.457 e. The second kappa shape index (κ2) is 11.2. The third kappa shape index (κ3) is 7.08. The first-order valence-electron chi connectivity index (χ1n) is 10.5. The van der Waals surface area contributed by atoms with Crippen LogP contribution in [0.1, 0.15) is 25.7 Å². The Hall–Kier alpha value is -3.06. The lowest BCUT2D eigenvalue weighted by molar-refractivity contribution is -0.123. The number of nitrogens with two attached hydrogens (primary N) is 1. The first-order valence-corrected chi connectivity index (χ1v) is 10.5. The third-order valence-corrected chi connectivity index (χ3v) is 5.27. The number of nitrogens with one attached hydrogen (secondary N) is 2. The van der Waals surface area contributed by atoms with Crippen molar-refractivity contribution in [3.63, 3.8) is 0 Å². The number of urea groups is 1. The Morgan fingerprint density at radius 2 is 1.63 bits per heavy atom. The molecule has 2 aromatic rings. The summed E-state index contributed by atoms with van der Waals surface area (Å²) >= 11 is 0. The number of ether oxygens (including phenoxy) is 1. The molecule has 0 unspecified atom stereocenters. The summed E-state index contributed by atoms with van der Waals surface area (Å²) in [6.45, 7) is 3.45. The van der Waals surface area contributed by atoms with E-state index in [2.05, 4.69) is 15.5 Å². The van der Waals surface area contributed by atoms with E-state index >= 15 is 0 Å². The van der Waals surface area contributed by atoms with E-state index in [1.165, 1.54) is 0 Å². The molecule has 0 bridgehead atoms. The predicted molar refractivity (Wildman–Crippen MR) is 118 cm³/mol. The molecule has 0 radical (unpaired) electrons. The molecule has 0 atom stereocenters. The number of carbonyl (C=O) groups is 2. The van der Waals surface area contributed by atoms with E-state index in [9.17, 15) is 9.59 Å². The van der Waals surface area contributed by atoms with Crippen molar-refractivity contribution in [3.05, 3.63) is 54.6 Å². The molecule has 0 aliphatic carbocycles. The number of anilines is 1. The van der Waals surface area contributed by atoms with Crippen molar-refractivity contribution in [2.24, 2.45) is 11.7 Å². The van der Waals surface area contributed by atoms with Crippen LogP contribution in [0.15, 0.2) is 54.6 Å². The molecule has 1 saturated heterocycles. The summed E-state index contributed by atoms with van der Waals surface area (Å²) < 4.78 is 5.74. The number of likely N-dealkylation sites (tertiary alicyclic amines) is 1. The smallest absolute Gasteiger partial charge is 0.319 e. The Kier molecular flexibility index (Phi) is 8.09. The molecular formula is C23H30N4O3. The maximum Gasteiger partial charge on any atom is 0.319 e. The Bertz CT molecular complexity index is 803. The van der Waals surface area contributed by atoms with Crippen LogP contribution in [0.3, 0.4) is 0 Å². The van der Waals surface area contributed by atoms with Gasteiger partial charge < -0.3 is 26.0 Å². The van der Waals surface area contributed by atoms with Crippen LogP contribution >= 0.6 is 0 Å². The van der Waals surface area contributed by atoms with Gasteiger partial charge in [-0.1, -0.05) is 18.2 Å². The van der Waals surface area contributed by atoms with Crippen LogP contribution < -0.4 is 21.1 Å². The van der Waals surface area contributed by atoms with Crippen LogP contribution in [0.25, 0.3) is 0 Å². The van der Waals surface area contributed by atoms with Gasteiger partial charge in [-0.3, -0.25) is 4.79 Å². The van der Waals surface area contributed by atoms with Crippen molar-refractivity contribution in [1.29, 1.82) is 0 Å². The van der Waals surface area contributed by atoms with Crippen LogP contribution in [0.4, 0.5) is 10.5 Å². The zero-order valence-corrected chi connectivity index (χ0v) is 17.2. The zero-order valence-electron chi connectivity index (χ0n) is 17.2. The maximum absolute atomic E-state index is 12.0. The largest absolute Gasteiger partial charge is 0.457 e. The van der Waals surface area contributed by atoms with Gasteiger partial charge in [0.05, 0.1) is 0 Å². The fourth-order valence-electron chi connectivity index (χ4n) is 3.51. The number of nitrogens with zero attached hydrogens (tertiary/aromatic N) is 1. The summed E-state index contributed by atoms with van der Waals surface area (Å²) in [7, 11) is 0. The van der Waals surface area contributed by atoms with Crippen molar-refractivity contribution in [3.8, 4) is 11.5 Å². The zero-order chi connectivity index (χ0) is 21.2. The molecule has 4 N–H and O–H groups in total. The number of unbranched alkanes of at least 4 members (excludes halogenated alkanes) is 1. The number of hydrogen-bond acceptors (Lipinski definition) is 4. The number of piperidine rings is 1. The number of primary amides is 1. The Morgan fingerprint density at radius 3 is 2.30 bits per heavy atom. The third-order valence-electron chi connectivity index (χ3n) is 5.27. The van der Waals surface area contributed by atoms with Crippen molar-refractivity contribution in [2.45, 2.75) is 25.7 Å². The number of hydrogen-bond donors (Lipinski definition) is 3. The second-order valence-corrected chi connectivity index (χ2v) is 7.55. The van der Waals surface area contributed by atoms with Gasteiger partial charge in [0.1, 0.15) is 11.5 Å². The average molecular weight is 411 g/mol. The predicted octanol–water partition coefficient (Wildman–Crippen LogP) is 3.58. The fourth-order valence-corrected chi connectivity index (χ4v) is 3.51. The number of carbonyl (C=O) groups excluding carboxylic acids is 2. The van der Waals surface area contributed by atoms with Gasteiger partial charge in [0.2, 0.25) is 5.91 Å². The SMILES string of the molecule is NC(=O)C1CCN(CCCCNC(=O)Nc2ccc(Oc3ccccc3)cc2)CC1. The van der Waals surface area contributed by atoms with Gasteiger partial charge in [-0.05, 0) is 81.7 Å². The molecule has 3 amide bonds. The van der Waals surface area contributed by atoms with Crippen molar-refractivity contribution >= 4 is 17.6 Å². The van der Waals surface area contributed by atoms with Gasteiger partial charge in [-0.15, -0.1) is 0 Å². The Morgan fingerprint density at radius 1 is 0.967 bits per heavy atom. The van der Waals surface area contributed by atoms with Gasteiger partial charge in [-0.25, -0.2) is 4.79 Å². The van der Waals surface area contributed by atoms with Crippen molar-refractivity contribution in [1.82, 2.24) is 10.2 Å². The van der Waals surface area contributed by atoms with E-state index in [4.69, 9.17) is 10.5 Å². The number of para-hydroxylation sites is 1. The van der Waals surface area contributed by atoms with Crippen LogP contribution in [0, 0.1) is 5.92 Å². The highest BCUT2D eigenvalue weighted by Crippen LogP contribution is 2.22. The van der Waals surface area contributed by atoms with E-state index in [1.54, 1.807) is 0 Å². The molecular weight excluding hydrogens is 380 g/mol. The first kappa shape index (κ1) is 21.6. The maximum atomic E-state index is 12.0. The monoisotopic (exact) mass is 410 g/mol. The Balaban J connectivity index is 1.28. The van der Waals surface area contributed by atoms with E-state index in [0.29, 0.717) is 18.0 Å². The number of amides is 3. The van der Waals surface area contributed by atoms with E-state index < -0.39 is 0 Å². The molecule has 1 aliphatic rings. The highest BCUT2D eigenvalue weighted by atomic mass is 16.5. The molecule has 7 heteroatoms. The molecule has 1 fully saturated rings. The minimum atomic E-state index is -0.214. The summed E-state index contributed by atoms with van der Waals surface area (Å²) in [5, 5.41) is 5.71. The van der Waals surface area contributed by atoms with Gasteiger partial charge in [-0.2, -0.15) is 0 Å². The lowest BCUT2D eigenvalue weighted by Crippen LogP contribution is -2.39. The molecule has 7 nitrogen and oxygen atoms in total. The lowest BCUT2D eigenvalue weighted by Gasteiger charge is -2.30. The van der Waals surface area contributed by atoms with E-state index in [1.807, 2.05) is 54.6 Å². The van der Waals surface area contributed by atoms with Gasteiger partial charge >= 0.3 is 6.03 Å². The van der Waals surface area contributed by atoms with Gasteiger partial charge in [0, 0.05) is 18.2 Å². The molecule has 0 aromatic heterocycles. The van der Waals surface area contributed by atoms with Crippen molar-refractivity contribution in [2.75, 3.05) is 31.5 Å². The summed E-state index contributed by atoms with van der Waals surface area (Å²) in [6, 6.07) is 16.6. The minimum absolute atomic E-state index is 0.0329. The number of rotatable bonds is 9. The summed E-state index contributed by atoms with van der Waals surface area (Å²) in [5.74, 6) is 1.34. The highest BCUT2D eigenvalue weighted by molar-refractivity contribution is 5.89. The quantitative estimate of drug-likeness (QED) is 0.551. The molecule has 30 heavy (non-hydrogen) atoms. The van der Waals surface area contributed by atoms with Crippen LogP contribution in [0.2, 0.25) is 0 Å². The molecule has 2 aromatic carbocycles. The van der Waals surface area contributed by atoms with Crippen LogP contribution in [-0.4, -0.2) is 43.0 Å². The lowest BCUT2D eigenvalue weighted by atomic mass is 9.96. The van der Waals surface area contributed by atoms with Gasteiger partial charge in [0.25, 0.3) is 0 Å². The molecule has 160 valence electrons. The second-order valence-electron chi connectivity index (χ2n) is 7.55. The molecule has 0 spiro atoms. The summed E-state index contributed by atoms with van der Waals surface area (Å²) in [6.07, 6.45) is 3.62. The van der Waals surface area contributed by atoms with E-state index in [0.717, 1.165) is 51.1 Å². The molecule has 1 aliphatic heterocycles. The normalized spacial score (nSPS) is 14.8. The molecule has 1 heterocycles. The topological polar surface area (TPSA) is 96.7 Å². The molecule has 0 saturated carbocycles. The average Bonchev–Trinajstić information content (AvgIpc) is 2.76. The number of benzene rings is 2. The molecule has 3 rings (SSSR count). The summed E-state index contributed by atoms with van der Waals surface area (Å²) in [5.41, 5.74) is 6.08. The van der Waals surface area contributed by atoms with Gasteiger partial charge in [0.15, 0.2) is 0 Å². The standard InChI is InChI=1S/C23H30N4O3/c24-22(28)18-12-16-27(17-13-18)15-5-4-14-25-23(29)26-19-8-10-21(11-9-19)30-20-6-2-1-3-7-20/h1-3,6-11,18H,4-5,12-17H2,(H2,24,28)(H2,25,26,29). The summed E-state index contributed by atoms with van der Waals surface area (Å²) in [4.78, 5) is 25.6. The Labute approximate surface area is 177 Å². The first-order chi connectivity index (χ1) is 14.6.